The lowest BCUT2D eigenvalue weighted by atomic mass is 10.3. The van der Waals surface area contributed by atoms with Crippen LogP contribution in [0, 0.1) is 0 Å². The van der Waals surface area contributed by atoms with Crippen LogP contribution in [0.3, 0.4) is 0 Å². The van der Waals surface area contributed by atoms with E-state index in [0.29, 0.717) is 12.4 Å². The number of aromatic nitrogens is 1. The molecule has 0 fully saturated rings. The molecule has 0 aliphatic carbocycles. The zero-order valence-electron chi connectivity index (χ0n) is 7.91. The summed E-state index contributed by atoms with van der Waals surface area (Å²) in [5.41, 5.74) is 1.62. The highest BCUT2D eigenvalue weighted by molar-refractivity contribution is 5.53. The van der Waals surface area contributed by atoms with E-state index < -0.39 is 0 Å². The second-order valence-electron chi connectivity index (χ2n) is 2.57. The molecule has 3 heteroatoms. The minimum atomic E-state index is 0.505. The van der Waals surface area contributed by atoms with Crippen molar-refractivity contribution in [3.8, 4) is 0 Å². The van der Waals surface area contributed by atoms with Crippen molar-refractivity contribution in [1.82, 2.24) is 4.98 Å². The molecule has 0 N–H and O–H groups in total. The maximum Gasteiger partial charge on any atom is 0.137 e. The standard InChI is InChI=1S/C10H13NO2/c1-8(13-3)10-6-4-5-9(11-10)7-12-2/h4-6H,1,7H2,2-3H3. The lowest BCUT2D eigenvalue weighted by Crippen LogP contribution is -1.96. The number of rotatable bonds is 4. The van der Waals surface area contributed by atoms with Crippen molar-refractivity contribution in [3.05, 3.63) is 36.2 Å². The first-order chi connectivity index (χ1) is 6.27. The fraction of sp³-hybridized carbons (Fsp3) is 0.300. The average molecular weight is 179 g/mol. The molecule has 70 valence electrons. The van der Waals surface area contributed by atoms with Gasteiger partial charge in [0.15, 0.2) is 0 Å². The van der Waals surface area contributed by atoms with Gasteiger partial charge in [-0.05, 0) is 12.1 Å². The Balaban J connectivity index is 2.85. The molecule has 0 spiro atoms. The number of methoxy groups -OCH3 is 2. The van der Waals surface area contributed by atoms with Gasteiger partial charge in [-0.3, -0.25) is 0 Å². The van der Waals surface area contributed by atoms with Gasteiger partial charge < -0.3 is 9.47 Å². The van der Waals surface area contributed by atoms with Crippen LogP contribution in [-0.4, -0.2) is 19.2 Å². The van der Waals surface area contributed by atoms with Crippen LogP contribution in [-0.2, 0) is 16.1 Å². The molecule has 0 amide bonds. The van der Waals surface area contributed by atoms with Gasteiger partial charge in [0, 0.05) is 7.11 Å². The molecule has 1 rings (SSSR count). The van der Waals surface area contributed by atoms with Crippen LogP contribution in [0.2, 0.25) is 0 Å². The van der Waals surface area contributed by atoms with Gasteiger partial charge in [-0.15, -0.1) is 0 Å². The molecule has 0 bridgehead atoms. The highest BCUT2D eigenvalue weighted by atomic mass is 16.5. The zero-order valence-corrected chi connectivity index (χ0v) is 7.91. The minimum Gasteiger partial charge on any atom is -0.495 e. The number of hydrogen-bond acceptors (Lipinski definition) is 3. The summed E-state index contributed by atoms with van der Waals surface area (Å²) in [5.74, 6) is 0.568. The van der Waals surface area contributed by atoms with Crippen molar-refractivity contribution >= 4 is 5.76 Å². The summed E-state index contributed by atoms with van der Waals surface area (Å²) < 4.78 is 9.93. The summed E-state index contributed by atoms with van der Waals surface area (Å²) in [5, 5.41) is 0. The molecule has 1 aromatic heterocycles. The summed E-state index contributed by atoms with van der Waals surface area (Å²) >= 11 is 0. The lowest BCUT2D eigenvalue weighted by Gasteiger charge is -2.04. The predicted octanol–water partition coefficient (Wildman–Crippen LogP) is 1.85. The van der Waals surface area contributed by atoms with E-state index in [-0.39, 0.29) is 0 Å². The first kappa shape index (κ1) is 9.74. The Bertz CT molecular complexity index is 297. The Morgan fingerprint density at radius 2 is 2.23 bits per heavy atom. The third kappa shape index (κ3) is 2.56. The van der Waals surface area contributed by atoms with Gasteiger partial charge in [0.1, 0.15) is 11.5 Å². The van der Waals surface area contributed by atoms with Crippen molar-refractivity contribution in [2.45, 2.75) is 6.61 Å². The second-order valence-corrected chi connectivity index (χ2v) is 2.57. The van der Waals surface area contributed by atoms with E-state index in [9.17, 15) is 0 Å². The largest absolute Gasteiger partial charge is 0.495 e. The third-order valence-electron chi connectivity index (χ3n) is 1.63. The highest BCUT2D eigenvalue weighted by Crippen LogP contribution is 2.10. The molecule has 0 radical (unpaired) electrons. The highest BCUT2D eigenvalue weighted by Gasteiger charge is 2.00. The van der Waals surface area contributed by atoms with Crippen LogP contribution in [0.4, 0.5) is 0 Å². The van der Waals surface area contributed by atoms with Crippen molar-refractivity contribution in [2.24, 2.45) is 0 Å². The van der Waals surface area contributed by atoms with Crippen molar-refractivity contribution in [1.29, 1.82) is 0 Å². The number of pyridine rings is 1. The van der Waals surface area contributed by atoms with Gasteiger partial charge in [-0.1, -0.05) is 12.6 Å². The van der Waals surface area contributed by atoms with Crippen LogP contribution < -0.4 is 0 Å². The second kappa shape index (κ2) is 4.62. The SMILES string of the molecule is C=C(OC)c1cccc(COC)n1. The van der Waals surface area contributed by atoms with E-state index in [1.807, 2.05) is 18.2 Å². The van der Waals surface area contributed by atoms with Crippen molar-refractivity contribution in [3.63, 3.8) is 0 Å². The number of hydrogen-bond donors (Lipinski definition) is 0. The molecule has 13 heavy (non-hydrogen) atoms. The normalized spacial score (nSPS) is 9.69. The molecule has 0 aromatic carbocycles. The van der Waals surface area contributed by atoms with Crippen molar-refractivity contribution in [2.75, 3.05) is 14.2 Å². The fourth-order valence-corrected chi connectivity index (χ4v) is 0.968. The third-order valence-corrected chi connectivity index (χ3v) is 1.63. The Morgan fingerprint density at radius 3 is 2.85 bits per heavy atom. The van der Waals surface area contributed by atoms with E-state index in [2.05, 4.69) is 11.6 Å². The van der Waals surface area contributed by atoms with E-state index in [0.717, 1.165) is 11.4 Å². The summed E-state index contributed by atoms with van der Waals surface area (Å²) in [6.07, 6.45) is 0. The van der Waals surface area contributed by atoms with E-state index in [1.54, 1.807) is 14.2 Å². The predicted molar refractivity (Wildman–Crippen MR) is 51.0 cm³/mol. The molecule has 0 saturated heterocycles. The summed E-state index contributed by atoms with van der Waals surface area (Å²) in [4.78, 5) is 4.28. The zero-order chi connectivity index (χ0) is 9.68. The molecule has 1 heterocycles. The number of nitrogens with zero attached hydrogens (tertiary/aromatic N) is 1. The smallest absolute Gasteiger partial charge is 0.137 e. The monoisotopic (exact) mass is 179 g/mol. The quantitative estimate of drug-likeness (QED) is 0.661. The van der Waals surface area contributed by atoms with Crippen LogP contribution >= 0.6 is 0 Å². The molecule has 0 atom stereocenters. The molecule has 0 aliphatic rings. The molecule has 1 aromatic rings. The van der Waals surface area contributed by atoms with E-state index in [4.69, 9.17) is 9.47 Å². The number of ether oxygens (including phenoxy) is 2. The van der Waals surface area contributed by atoms with E-state index >= 15 is 0 Å². The molecular formula is C10H13NO2. The molecule has 0 saturated carbocycles. The van der Waals surface area contributed by atoms with Gasteiger partial charge >= 0.3 is 0 Å². The first-order valence-electron chi connectivity index (χ1n) is 3.96. The van der Waals surface area contributed by atoms with Crippen LogP contribution in [0.5, 0.6) is 0 Å². The Morgan fingerprint density at radius 1 is 1.46 bits per heavy atom. The Kier molecular flexibility index (Phi) is 3.46. The summed E-state index contributed by atoms with van der Waals surface area (Å²) in [6, 6.07) is 5.65. The summed E-state index contributed by atoms with van der Waals surface area (Å²) in [6.45, 7) is 4.22. The lowest BCUT2D eigenvalue weighted by molar-refractivity contribution is 0.181. The van der Waals surface area contributed by atoms with Crippen LogP contribution in [0.1, 0.15) is 11.4 Å². The van der Waals surface area contributed by atoms with Gasteiger partial charge in [-0.2, -0.15) is 0 Å². The average Bonchev–Trinajstić information content (AvgIpc) is 2.18. The molecular weight excluding hydrogens is 166 g/mol. The maximum atomic E-state index is 4.97. The van der Waals surface area contributed by atoms with Crippen molar-refractivity contribution < 1.29 is 9.47 Å². The summed E-state index contributed by atoms with van der Waals surface area (Å²) in [7, 11) is 3.21. The van der Waals surface area contributed by atoms with E-state index in [1.165, 1.54) is 0 Å². The van der Waals surface area contributed by atoms with Gasteiger partial charge in [-0.25, -0.2) is 4.98 Å². The minimum absolute atomic E-state index is 0.505. The Hall–Kier alpha value is -1.35. The topological polar surface area (TPSA) is 31.4 Å². The van der Waals surface area contributed by atoms with Gasteiger partial charge in [0.2, 0.25) is 0 Å². The van der Waals surface area contributed by atoms with Crippen LogP contribution in [0.15, 0.2) is 24.8 Å². The molecule has 0 aliphatic heterocycles. The Labute approximate surface area is 78.0 Å². The van der Waals surface area contributed by atoms with Crippen LogP contribution in [0.25, 0.3) is 5.76 Å². The first-order valence-corrected chi connectivity index (χ1v) is 3.96. The fourth-order valence-electron chi connectivity index (χ4n) is 0.968. The van der Waals surface area contributed by atoms with Gasteiger partial charge in [0.25, 0.3) is 0 Å². The van der Waals surface area contributed by atoms with Gasteiger partial charge in [0.05, 0.1) is 19.4 Å². The molecule has 0 unspecified atom stereocenters. The maximum absolute atomic E-state index is 4.97. The molecule has 3 nitrogen and oxygen atoms in total.